The molecule has 3 heteroatoms. The van der Waals surface area contributed by atoms with Gasteiger partial charge in [-0.1, -0.05) is 36.4 Å². The van der Waals surface area contributed by atoms with Crippen molar-refractivity contribution in [1.82, 2.24) is 0 Å². The Morgan fingerprint density at radius 1 is 0.808 bits per heavy atom. The minimum Gasteiger partial charge on any atom is -0.494 e. The summed E-state index contributed by atoms with van der Waals surface area (Å²) >= 11 is 1.69. The normalized spacial score (nSPS) is 10.5. The van der Waals surface area contributed by atoms with Gasteiger partial charge in [-0.25, -0.2) is 0 Å². The first-order valence-corrected chi connectivity index (χ1v) is 9.59. The standard InChI is InChI=1S/C23H22O2S/c1-3-16-25-20-10-6-18(7-11-20)23(24)19-8-14-22(15-9-19)26-21-12-4-17(2)5-13-21/h4-15H,3,16H2,1-2H3. The third kappa shape index (κ3) is 4.77. The maximum atomic E-state index is 12.6. The van der Waals surface area contributed by atoms with Crippen molar-refractivity contribution >= 4 is 17.5 Å². The summed E-state index contributed by atoms with van der Waals surface area (Å²) in [6.45, 7) is 4.84. The smallest absolute Gasteiger partial charge is 0.193 e. The van der Waals surface area contributed by atoms with Crippen LogP contribution in [0.2, 0.25) is 0 Å². The van der Waals surface area contributed by atoms with E-state index in [4.69, 9.17) is 4.74 Å². The first-order chi connectivity index (χ1) is 12.7. The minimum absolute atomic E-state index is 0.0268. The molecule has 0 unspecified atom stereocenters. The molecular formula is C23H22O2S. The monoisotopic (exact) mass is 362 g/mol. The van der Waals surface area contributed by atoms with Gasteiger partial charge in [0.1, 0.15) is 5.75 Å². The number of benzene rings is 3. The summed E-state index contributed by atoms with van der Waals surface area (Å²) < 4.78 is 5.56. The van der Waals surface area contributed by atoms with Crippen LogP contribution in [0.4, 0.5) is 0 Å². The fraction of sp³-hybridized carbons (Fsp3) is 0.174. The molecular weight excluding hydrogens is 340 g/mol. The van der Waals surface area contributed by atoms with E-state index in [9.17, 15) is 4.79 Å². The van der Waals surface area contributed by atoms with Crippen molar-refractivity contribution in [1.29, 1.82) is 0 Å². The lowest BCUT2D eigenvalue weighted by Gasteiger charge is -2.07. The molecule has 3 aromatic carbocycles. The average Bonchev–Trinajstić information content (AvgIpc) is 2.68. The van der Waals surface area contributed by atoms with Crippen LogP contribution >= 0.6 is 11.8 Å². The van der Waals surface area contributed by atoms with Crippen molar-refractivity contribution in [3.05, 3.63) is 89.5 Å². The number of ether oxygens (including phenoxy) is 1. The molecule has 0 bridgehead atoms. The Bertz CT molecular complexity index is 850. The Morgan fingerprint density at radius 3 is 1.85 bits per heavy atom. The van der Waals surface area contributed by atoms with Gasteiger partial charge in [-0.3, -0.25) is 4.79 Å². The predicted octanol–water partition coefficient (Wildman–Crippen LogP) is 6.17. The first-order valence-electron chi connectivity index (χ1n) is 8.78. The van der Waals surface area contributed by atoms with E-state index in [0.717, 1.165) is 17.1 Å². The quantitative estimate of drug-likeness (QED) is 0.470. The number of carbonyl (C=O) groups is 1. The zero-order valence-corrected chi connectivity index (χ0v) is 15.9. The lowest BCUT2D eigenvalue weighted by atomic mass is 10.0. The highest BCUT2D eigenvalue weighted by Crippen LogP contribution is 2.28. The number of carbonyl (C=O) groups excluding carboxylic acids is 1. The van der Waals surface area contributed by atoms with Gasteiger partial charge in [0.15, 0.2) is 5.78 Å². The van der Waals surface area contributed by atoms with E-state index in [0.29, 0.717) is 17.7 Å². The van der Waals surface area contributed by atoms with Crippen LogP contribution in [-0.4, -0.2) is 12.4 Å². The maximum Gasteiger partial charge on any atom is 0.193 e. The Kier molecular flexibility index (Phi) is 6.13. The van der Waals surface area contributed by atoms with E-state index in [-0.39, 0.29) is 5.78 Å². The number of aryl methyl sites for hydroxylation is 1. The van der Waals surface area contributed by atoms with Crippen molar-refractivity contribution in [3.63, 3.8) is 0 Å². The lowest BCUT2D eigenvalue weighted by Crippen LogP contribution is -2.01. The zero-order valence-electron chi connectivity index (χ0n) is 15.1. The molecule has 0 aromatic heterocycles. The number of ketones is 1. The second-order valence-electron chi connectivity index (χ2n) is 6.14. The van der Waals surface area contributed by atoms with Crippen LogP contribution in [0, 0.1) is 6.92 Å². The summed E-state index contributed by atoms with van der Waals surface area (Å²) in [6.07, 6.45) is 0.966. The Hall–Kier alpha value is -2.52. The van der Waals surface area contributed by atoms with Gasteiger partial charge in [0.25, 0.3) is 0 Å². The molecule has 0 saturated heterocycles. The number of hydrogen-bond acceptors (Lipinski definition) is 3. The molecule has 0 aliphatic rings. The topological polar surface area (TPSA) is 26.3 Å². The SMILES string of the molecule is CCCOc1ccc(C(=O)c2ccc(Sc3ccc(C)cc3)cc2)cc1. The van der Waals surface area contributed by atoms with Crippen molar-refractivity contribution in [2.24, 2.45) is 0 Å². The molecule has 0 atom stereocenters. The summed E-state index contributed by atoms with van der Waals surface area (Å²) in [5.74, 6) is 0.826. The lowest BCUT2D eigenvalue weighted by molar-refractivity contribution is 0.103. The summed E-state index contributed by atoms with van der Waals surface area (Å²) in [5.41, 5.74) is 2.62. The van der Waals surface area contributed by atoms with Crippen LogP contribution in [0.25, 0.3) is 0 Å². The summed E-state index contributed by atoms with van der Waals surface area (Å²) in [5, 5.41) is 0. The molecule has 0 amide bonds. The highest BCUT2D eigenvalue weighted by Gasteiger charge is 2.09. The molecule has 26 heavy (non-hydrogen) atoms. The minimum atomic E-state index is 0.0268. The molecule has 0 radical (unpaired) electrons. The first kappa shape index (κ1) is 18.3. The predicted molar refractivity (Wildman–Crippen MR) is 107 cm³/mol. The molecule has 0 spiro atoms. The Labute approximate surface area is 159 Å². The van der Waals surface area contributed by atoms with E-state index in [1.165, 1.54) is 10.5 Å². The van der Waals surface area contributed by atoms with Crippen LogP contribution in [-0.2, 0) is 0 Å². The van der Waals surface area contributed by atoms with E-state index in [1.807, 2.05) is 48.5 Å². The molecule has 0 fully saturated rings. The fourth-order valence-corrected chi connectivity index (χ4v) is 3.32. The largest absolute Gasteiger partial charge is 0.494 e. The van der Waals surface area contributed by atoms with Gasteiger partial charge in [-0.05, 0) is 74.0 Å². The van der Waals surface area contributed by atoms with Crippen LogP contribution < -0.4 is 4.74 Å². The van der Waals surface area contributed by atoms with Crippen LogP contribution in [0.5, 0.6) is 5.75 Å². The van der Waals surface area contributed by atoms with E-state index in [1.54, 1.807) is 11.8 Å². The molecule has 2 nitrogen and oxygen atoms in total. The van der Waals surface area contributed by atoms with Gasteiger partial charge in [-0.15, -0.1) is 0 Å². The molecule has 0 N–H and O–H groups in total. The molecule has 0 heterocycles. The van der Waals surface area contributed by atoms with Crippen molar-refractivity contribution < 1.29 is 9.53 Å². The summed E-state index contributed by atoms with van der Waals surface area (Å²) in [4.78, 5) is 14.9. The van der Waals surface area contributed by atoms with E-state index in [2.05, 4.69) is 38.1 Å². The van der Waals surface area contributed by atoms with Crippen molar-refractivity contribution in [2.45, 2.75) is 30.1 Å². The third-order valence-electron chi connectivity index (χ3n) is 3.96. The summed E-state index contributed by atoms with van der Waals surface area (Å²) in [7, 11) is 0. The third-order valence-corrected chi connectivity index (χ3v) is 4.98. The molecule has 3 rings (SSSR count). The highest BCUT2D eigenvalue weighted by atomic mass is 32.2. The summed E-state index contributed by atoms with van der Waals surface area (Å²) in [6, 6.07) is 23.6. The van der Waals surface area contributed by atoms with Gasteiger partial charge in [-0.2, -0.15) is 0 Å². The zero-order chi connectivity index (χ0) is 18.4. The highest BCUT2D eigenvalue weighted by molar-refractivity contribution is 7.99. The van der Waals surface area contributed by atoms with Crippen molar-refractivity contribution in [3.8, 4) is 5.75 Å². The van der Waals surface area contributed by atoms with Gasteiger partial charge in [0.2, 0.25) is 0 Å². The molecule has 132 valence electrons. The number of hydrogen-bond donors (Lipinski definition) is 0. The van der Waals surface area contributed by atoms with E-state index < -0.39 is 0 Å². The Morgan fingerprint density at radius 2 is 1.31 bits per heavy atom. The maximum absolute atomic E-state index is 12.6. The molecule has 0 aliphatic heterocycles. The van der Waals surface area contributed by atoms with Crippen LogP contribution in [0.3, 0.4) is 0 Å². The Balaban J connectivity index is 1.67. The average molecular weight is 362 g/mol. The van der Waals surface area contributed by atoms with Gasteiger partial charge in [0.05, 0.1) is 6.61 Å². The molecule has 3 aromatic rings. The molecule has 0 aliphatic carbocycles. The van der Waals surface area contributed by atoms with Gasteiger partial charge >= 0.3 is 0 Å². The van der Waals surface area contributed by atoms with Crippen LogP contribution in [0.15, 0.2) is 82.6 Å². The second-order valence-corrected chi connectivity index (χ2v) is 7.29. The number of rotatable bonds is 7. The second kappa shape index (κ2) is 8.72. The van der Waals surface area contributed by atoms with Crippen molar-refractivity contribution in [2.75, 3.05) is 6.61 Å². The van der Waals surface area contributed by atoms with E-state index >= 15 is 0 Å². The van der Waals surface area contributed by atoms with Gasteiger partial charge in [0, 0.05) is 20.9 Å². The van der Waals surface area contributed by atoms with Gasteiger partial charge < -0.3 is 4.74 Å². The molecule has 0 saturated carbocycles. The fourth-order valence-electron chi connectivity index (χ4n) is 2.51. The van der Waals surface area contributed by atoms with Crippen LogP contribution in [0.1, 0.15) is 34.8 Å².